The van der Waals surface area contributed by atoms with Crippen LogP contribution in [0.5, 0.6) is 0 Å². The second kappa shape index (κ2) is 11.1. The lowest BCUT2D eigenvalue weighted by molar-refractivity contribution is -0.141. The summed E-state index contributed by atoms with van der Waals surface area (Å²) in [6.45, 7) is -0.306. The van der Waals surface area contributed by atoms with Crippen molar-refractivity contribution in [2.45, 2.75) is 60.8 Å². The lowest BCUT2D eigenvalue weighted by Gasteiger charge is -2.49. The van der Waals surface area contributed by atoms with Gasteiger partial charge in [-0.3, -0.25) is 28.9 Å². The van der Waals surface area contributed by atoms with Crippen molar-refractivity contribution in [1.82, 2.24) is 4.90 Å². The average Bonchev–Trinajstić information content (AvgIpc) is 3.60. The molecule has 2 N–H and O–H groups in total. The van der Waals surface area contributed by atoms with E-state index in [1.165, 1.54) is 29.2 Å². The number of carbonyl (C=O) groups excluding carboxylic acids is 4. The molecule has 2 aromatic rings. The van der Waals surface area contributed by atoms with Crippen molar-refractivity contribution < 1.29 is 43.0 Å². The number of rotatable bonds is 9. The number of hydrogen-bond donors (Lipinski definition) is 2. The minimum Gasteiger partial charge on any atom is -0.481 e. The summed E-state index contributed by atoms with van der Waals surface area (Å²) in [5.74, 6) is -7.02. The molecule has 0 radical (unpaired) electrons. The first-order valence-electron chi connectivity index (χ1n) is 14.4. The number of fused-ring (bicyclic) bond motifs is 4. The summed E-state index contributed by atoms with van der Waals surface area (Å²) < 4.78 is 19.6. The zero-order valence-electron chi connectivity index (χ0n) is 23.4. The summed E-state index contributed by atoms with van der Waals surface area (Å²) in [5, 5.41) is 18.6. The van der Waals surface area contributed by atoms with Crippen LogP contribution in [-0.4, -0.2) is 61.0 Å². The van der Waals surface area contributed by atoms with Crippen molar-refractivity contribution in [3.63, 3.8) is 0 Å². The molecule has 0 spiro atoms. The molecule has 1 aromatic heterocycles. The van der Waals surface area contributed by atoms with Gasteiger partial charge in [0.15, 0.2) is 9.75 Å². The number of halogens is 3. The summed E-state index contributed by atoms with van der Waals surface area (Å²) in [4.78, 5) is 64.4. The largest absolute Gasteiger partial charge is 0.481 e. The molecule has 0 bridgehead atoms. The molecule has 2 aliphatic heterocycles. The fourth-order valence-corrected chi connectivity index (χ4v) is 8.27. The number of nitrogens with zero attached hydrogens (tertiary/aromatic N) is 2. The molecule has 2 saturated heterocycles. The zero-order valence-corrected chi connectivity index (χ0v) is 24.9. The maximum atomic E-state index is 14.2. The van der Waals surface area contributed by atoms with Crippen LogP contribution in [0.25, 0.3) is 0 Å². The minimum absolute atomic E-state index is 0.00563. The van der Waals surface area contributed by atoms with Gasteiger partial charge in [-0.15, -0.1) is 23.2 Å². The van der Waals surface area contributed by atoms with Gasteiger partial charge in [0.2, 0.25) is 11.8 Å². The monoisotopic (exact) mass is 646 g/mol. The third kappa shape index (κ3) is 4.42. The van der Waals surface area contributed by atoms with E-state index in [-0.39, 0.29) is 48.9 Å². The number of carboxylic acids is 1. The first kappa shape index (κ1) is 30.5. The van der Waals surface area contributed by atoms with Crippen LogP contribution in [-0.2, 0) is 30.6 Å². The van der Waals surface area contributed by atoms with Crippen LogP contribution in [0.15, 0.2) is 52.5 Å². The van der Waals surface area contributed by atoms with Gasteiger partial charge in [0, 0.05) is 13.0 Å². The predicted molar refractivity (Wildman–Crippen MR) is 154 cm³/mol. The van der Waals surface area contributed by atoms with E-state index in [0.717, 1.165) is 17.0 Å². The van der Waals surface area contributed by atoms with E-state index >= 15 is 0 Å². The van der Waals surface area contributed by atoms with Crippen LogP contribution in [0.2, 0.25) is 0 Å². The van der Waals surface area contributed by atoms with E-state index in [1.807, 2.05) is 0 Å². The topological polar surface area (TPSA) is 145 Å². The Morgan fingerprint density at radius 3 is 2.36 bits per heavy atom. The summed E-state index contributed by atoms with van der Waals surface area (Å²) in [5.41, 5.74) is 0.615. The van der Waals surface area contributed by atoms with Gasteiger partial charge in [-0.1, -0.05) is 18.1 Å². The minimum atomic E-state index is -2.12. The number of carbonyl (C=O) groups is 5. The Hall–Kier alpha value is -3.54. The number of aliphatic hydroxyl groups excluding tert-OH is 1. The molecular weight excluding hydrogens is 618 g/mol. The third-order valence-electron chi connectivity index (χ3n) is 9.38. The molecule has 6 atom stereocenters. The Labute approximate surface area is 261 Å². The maximum absolute atomic E-state index is 14.2. The molecule has 1 aromatic carbocycles. The molecule has 6 rings (SSSR count). The number of likely N-dealkylation sites (tertiary alicyclic amines) is 1. The lowest BCUT2D eigenvalue weighted by Crippen LogP contribution is -2.60. The number of imide groups is 2. The number of aliphatic hydroxyl groups is 1. The standard InChI is InChI=1S/C31H29Cl2FN2O8/c32-30-14-21-19(10-11-20-24(21)27(41)35(26(20)40)13-3-1-2-4-23(38)39)25(22-12-9-18(15-37)44-22)31(30,33)29(43)36(28(30)42)17-7-5-16(34)6-8-17/h5-10,12,20-21,24-25,37H,1-4,11,13-15H2,(H,38,39). The van der Waals surface area contributed by atoms with Crippen LogP contribution in [0.3, 0.4) is 0 Å². The van der Waals surface area contributed by atoms with E-state index in [4.69, 9.17) is 32.7 Å². The Morgan fingerprint density at radius 1 is 0.977 bits per heavy atom. The van der Waals surface area contributed by atoms with Crippen LogP contribution in [0.4, 0.5) is 10.1 Å². The highest BCUT2D eigenvalue weighted by Gasteiger charge is 2.77. The van der Waals surface area contributed by atoms with Gasteiger partial charge < -0.3 is 14.6 Å². The molecule has 232 valence electrons. The second-order valence-electron chi connectivity index (χ2n) is 11.7. The number of amides is 4. The number of anilines is 1. The summed E-state index contributed by atoms with van der Waals surface area (Å²) in [7, 11) is 0. The number of hydrogen-bond acceptors (Lipinski definition) is 7. The van der Waals surface area contributed by atoms with Crippen molar-refractivity contribution in [2.24, 2.45) is 17.8 Å². The van der Waals surface area contributed by atoms with Crippen LogP contribution in [0.1, 0.15) is 56.0 Å². The molecule has 13 heteroatoms. The Kier molecular flexibility index (Phi) is 7.70. The van der Waals surface area contributed by atoms with E-state index in [9.17, 15) is 33.5 Å². The average molecular weight is 647 g/mol. The van der Waals surface area contributed by atoms with Crippen molar-refractivity contribution in [3.8, 4) is 0 Å². The normalized spacial score (nSPS) is 31.2. The highest BCUT2D eigenvalue weighted by atomic mass is 35.5. The summed E-state index contributed by atoms with van der Waals surface area (Å²) >= 11 is 14.5. The van der Waals surface area contributed by atoms with Gasteiger partial charge in [0.25, 0.3) is 11.8 Å². The number of carboxylic acid groups (broad SMARTS) is 1. The van der Waals surface area contributed by atoms with Crippen molar-refractivity contribution in [3.05, 3.63) is 65.4 Å². The first-order chi connectivity index (χ1) is 20.9. The van der Waals surface area contributed by atoms with E-state index in [0.29, 0.717) is 24.8 Å². The molecular formula is C31H29Cl2FN2O8. The molecule has 1 saturated carbocycles. The lowest BCUT2D eigenvalue weighted by atomic mass is 9.57. The number of alkyl halides is 2. The fourth-order valence-electron chi connectivity index (χ4n) is 7.35. The van der Waals surface area contributed by atoms with Gasteiger partial charge >= 0.3 is 5.97 Å². The SMILES string of the molecule is O=C(O)CCCCCN1C(=O)C2CC=C3C(CC4(Cl)C(=O)N(c5ccc(F)cc5)C(=O)C4(Cl)C3c3ccc(CO)o3)C2C1=O. The first-order valence-corrected chi connectivity index (χ1v) is 15.2. The smallest absolute Gasteiger partial charge is 0.303 e. The molecule has 10 nitrogen and oxygen atoms in total. The second-order valence-corrected chi connectivity index (χ2v) is 13.0. The summed E-state index contributed by atoms with van der Waals surface area (Å²) in [6, 6.07) is 7.79. The van der Waals surface area contributed by atoms with Crippen LogP contribution in [0, 0.1) is 23.6 Å². The molecule has 4 amide bonds. The number of benzene rings is 1. The van der Waals surface area contributed by atoms with Gasteiger partial charge in [0.05, 0.1) is 23.4 Å². The van der Waals surface area contributed by atoms with Gasteiger partial charge in [-0.25, -0.2) is 9.29 Å². The fraction of sp³-hybridized carbons (Fsp3) is 0.452. The van der Waals surface area contributed by atoms with Crippen molar-refractivity contribution in [1.29, 1.82) is 0 Å². The summed E-state index contributed by atoms with van der Waals surface area (Å²) in [6.07, 6.45) is 3.12. The molecule has 4 aliphatic rings. The van der Waals surface area contributed by atoms with Crippen molar-refractivity contribution >= 4 is 58.5 Å². The highest BCUT2D eigenvalue weighted by Crippen LogP contribution is 2.65. The highest BCUT2D eigenvalue weighted by molar-refractivity contribution is 6.58. The zero-order chi connectivity index (χ0) is 31.6. The van der Waals surface area contributed by atoms with Gasteiger partial charge in [-0.2, -0.15) is 0 Å². The number of aliphatic carboxylic acids is 1. The third-order valence-corrected chi connectivity index (χ3v) is 10.8. The van der Waals surface area contributed by atoms with Crippen molar-refractivity contribution in [2.75, 3.05) is 11.4 Å². The number of allylic oxidation sites excluding steroid dienone is 2. The molecule has 2 aliphatic carbocycles. The quantitative estimate of drug-likeness (QED) is 0.179. The number of furan rings is 1. The van der Waals surface area contributed by atoms with Gasteiger partial charge in [-0.05, 0) is 68.0 Å². The predicted octanol–water partition coefficient (Wildman–Crippen LogP) is 4.12. The maximum Gasteiger partial charge on any atom is 0.303 e. The molecule has 6 unspecified atom stereocenters. The Bertz CT molecular complexity index is 1590. The molecule has 3 fully saturated rings. The Balaban J connectivity index is 1.40. The molecule has 44 heavy (non-hydrogen) atoms. The Morgan fingerprint density at radius 2 is 1.70 bits per heavy atom. The number of unbranched alkanes of at least 4 members (excludes halogenated alkanes) is 2. The van der Waals surface area contributed by atoms with E-state index in [1.54, 1.807) is 6.08 Å². The van der Waals surface area contributed by atoms with Crippen LogP contribution < -0.4 is 4.90 Å². The van der Waals surface area contributed by atoms with E-state index in [2.05, 4.69) is 0 Å². The molecule has 3 heterocycles. The van der Waals surface area contributed by atoms with Gasteiger partial charge in [0.1, 0.15) is 23.9 Å². The van der Waals surface area contributed by atoms with Crippen LogP contribution >= 0.6 is 23.2 Å². The van der Waals surface area contributed by atoms with E-state index < -0.39 is 69.5 Å².